The number of aromatic nitrogens is 1. The molecule has 0 radical (unpaired) electrons. The number of aliphatic hydroxyl groups excluding tert-OH is 2. The molecular formula is C10H12N2O3. The predicted octanol–water partition coefficient (Wildman–Crippen LogP) is -0.418. The lowest BCUT2D eigenvalue weighted by Gasteiger charge is -2.16. The van der Waals surface area contributed by atoms with Crippen LogP contribution in [-0.4, -0.2) is 46.5 Å². The van der Waals surface area contributed by atoms with Gasteiger partial charge in [-0.05, 0) is 12.1 Å². The second-order valence-corrected chi connectivity index (χ2v) is 3.46. The van der Waals surface area contributed by atoms with E-state index in [1.54, 1.807) is 18.3 Å². The maximum atomic E-state index is 9.11. The van der Waals surface area contributed by atoms with Crippen molar-refractivity contribution in [2.75, 3.05) is 19.8 Å². The van der Waals surface area contributed by atoms with Crippen molar-refractivity contribution >= 4 is 5.90 Å². The van der Waals surface area contributed by atoms with E-state index in [1.165, 1.54) is 0 Å². The van der Waals surface area contributed by atoms with Gasteiger partial charge in [-0.15, -0.1) is 0 Å². The molecule has 1 aliphatic heterocycles. The second kappa shape index (κ2) is 3.96. The fraction of sp³-hybridized carbons (Fsp3) is 0.400. The van der Waals surface area contributed by atoms with Crippen LogP contribution in [0.1, 0.15) is 5.69 Å². The molecule has 2 heterocycles. The minimum atomic E-state index is -0.910. The molecule has 2 rings (SSSR count). The van der Waals surface area contributed by atoms with Gasteiger partial charge >= 0.3 is 0 Å². The Bertz CT molecular complexity index is 360. The molecule has 0 amide bonds. The number of ether oxygens (including phenoxy) is 1. The number of hydrogen-bond donors (Lipinski definition) is 2. The van der Waals surface area contributed by atoms with Gasteiger partial charge in [-0.1, -0.05) is 6.07 Å². The molecule has 0 fully saturated rings. The quantitative estimate of drug-likeness (QED) is 0.707. The Morgan fingerprint density at radius 3 is 2.67 bits per heavy atom. The number of hydrogen-bond acceptors (Lipinski definition) is 5. The molecule has 0 saturated carbocycles. The van der Waals surface area contributed by atoms with Crippen LogP contribution in [0.3, 0.4) is 0 Å². The Kier molecular flexibility index (Phi) is 2.66. The van der Waals surface area contributed by atoms with Gasteiger partial charge in [-0.3, -0.25) is 4.98 Å². The molecule has 0 bridgehead atoms. The van der Waals surface area contributed by atoms with Gasteiger partial charge in [0, 0.05) is 6.20 Å². The van der Waals surface area contributed by atoms with E-state index < -0.39 is 5.54 Å². The molecule has 5 nitrogen and oxygen atoms in total. The molecule has 15 heavy (non-hydrogen) atoms. The Hall–Kier alpha value is -1.46. The van der Waals surface area contributed by atoms with E-state index in [0.717, 1.165) is 0 Å². The SMILES string of the molecule is OCC1(CO)COC(c2ccccn2)=N1. The molecular weight excluding hydrogens is 196 g/mol. The van der Waals surface area contributed by atoms with E-state index in [1.807, 2.05) is 6.07 Å². The summed E-state index contributed by atoms with van der Waals surface area (Å²) in [6.45, 7) is -0.286. The Balaban J connectivity index is 2.27. The minimum absolute atomic E-state index is 0.186. The molecule has 0 aliphatic carbocycles. The molecule has 5 heteroatoms. The summed E-state index contributed by atoms with van der Waals surface area (Å²) in [6, 6.07) is 5.39. The fourth-order valence-electron chi connectivity index (χ4n) is 1.32. The largest absolute Gasteiger partial charge is 0.474 e. The highest BCUT2D eigenvalue weighted by molar-refractivity contribution is 5.93. The van der Waals surface area contributed by atoms with Crippen LogP contribution in [0.2, 0.25) is 0 Å². The molecule has 0 spiro atoms. The summed E-state index contributed by atoms with van der Waals surface area (Å²) in [7, 11) is 0. The van der Waals surface area contributed by atoms with Crippen LogP contribution in [0.15, 0.2) is 29.4 Å². The second-order valence-electron chi connectivity index (χ2n) is 3.46. The summed E-state index contributed by atoms with van der Waals surface area (Å²) in [5.74, 6) is 0.374. The first-order valence-corrected chi connectivity index (χ1v) is 4.65. The lowest BCUT2D eigenvalue weighted by Crippen LogP contribution is -2.37. The molecule has 0 atom stereocenters. The molecule has 2 N–H and O–H groups in total. The summed E-state index contributed by atoms with van der Waals surface area (Å²) < 4.78 is 5.30. The van der Waals surface area contributed by atoms with Gasteiger partial charge in [-0.25, -0.2) is 4.99 Å². The minimum Gasteiger partial charge on any atom is -0.474 e. The fourth-order valence-corrected chi connectivity index (χ4v) is 1.32. The van der Waals surface area contributed by atoms with Crippen molar-refractivity contribution in [1.82, 2.24) is 4.98 Å². The molecule has 1 aromatic rings. The standard InChI is InChI=1S/C10H12N2O3/c13-5-10(6-14)7-15-9(12-10)8-3-1-2-4-11-8/h1-4,13-14H,5-7H2. The number of aliphatic hydroxyl groups is 2. The van der Waals surface area contributed by atoms with E-state index in [4.69, 9.17) is 14.9 Å². The lowest BCUT2D eigenvalue weighted by molar-refractivity contribution is 0.0976. The first-order valence-electron chi connectivity index (χ1n) is 4.65. The molecule has 1 aliphatic rings. The molecule has 0 unspecified atom stereocenters. The average molecular weight is 208 g/mol. The van der Waals surface area contributed by atoms with Gasteiger partial charge < -0.3 is 14.9 Å². The normalized spacial score (nSPS) is 18.4. The third-order valence-electron chi connectivity index (χ3n) is 2.29. The van der Waals surface area contributed by atoms with E-state index in [0.29, 0.717) is 11.6 Å². The maximum absolute atomic E-state index is 9.11. The van der Waals surface area contributed by atoms with Crippen molar-refractivity contribution in [2.24, 2.45) is 4.99 Å². The van der Waals surface area contributed by atoms with Crippen molar-refractivity contribution in [1.29, 1.82) is 0 Å². The zero-order valence-electron chi connectivity index (χ0n) is 8.13. The van der Waals surface area contributed by atoms with Crippen LogP contribution in [0.5, 0.6) is 0 Å². The van der Waals surface area contributed by atoms with Gasteiger partial charge in [0.2, 0.25) is 5.90 Å². The van der Waals surface area contributed by atoms with Gasteiger partial charge in [0.1, 0.15) is 17.8 Å². The number of aliphatic imine (C=N–C) groups is 1. The number of rotatable bonds is 3. The summed E-state index contributed by atoms with van der Waals surface area (Å²) in [4.78, 5) is 8.23. The van der Waals surface area contributed by atoms with Crippen molar-refractivity contribution in [3.8, 4) is 0 Å². The van der Waals surface area contributed by atoms with Gasteiger partial charge in [0.25, 0.3) is 0 Å². The Morgan fingerprint density at radius 1 is 1.33 bits per heavy atom. The summed E-state index contributed by atoms with van der Waals surface area (Å²) in [6.07, 6.45) is 1.64. The maximum Gasteiger partial charge on any atom is 0.236 e. The van der Waals surface area contributed by atoms with Crippen LogP contribution in [-0.2, 0) is 4.74 Å². The first kappa shape index (κ1) is 10.1. The van der Waals surface area contributed by atoms with Crippen LogP contribution >= 0.6 is 0 Å². The number of nitrogens with zero attached hydrogens (tertiary/aromatic N) is 2. The molecule has 0 saturated heterocycles. The molecule has 0 aromatic carbocycles. The topological polar surface area (TPSA) is 74.9 Å². The van der Waals surface area contributed by atoms with E-state index in [2.05, 4.69) is 9.98 Å². The van der Waals surface area contributed by atoms with Crippen LogP contribution in [0, 0.1) is 0 Å². The Labute approximate surface area is 87.1 Å². The van der Waals surface area contributed by atoms with Crippen LogP contribution in [0.25, 0.3) is 0 Å². The third-order valence-corrected chi connectivity index (χ3v) is 2.29. The highest BCUT2D eigenvalue weighted by Gasteiger charge is 2.36. The van der Waals surface area contributed by atoms with Crippen LogP contribution < -0.4 is 0 Å². The zero-order chi connectivity index (χ0) is 10.7. The average Bonchev–Trinajstić information content (AvgIpc) is 2.75. The van der Waals surface area contributed by atoms with Gasteiger partial charge in [0.05, 0.1) is 13.2 Å². The van der Waals surface area contributed by atoms with Crippen molar-refractivity contribution in [2.45, 2.75) is 5.54 Å². The van der Waals surface area contributed by atoms with E-state index >= 15 is 0 Å². The van der Waals surface area contributed by atoms with Crippen molar-refractivity contribution in [3.05, 3.63) is 30.1 Å². The van der Waals surface area contributed by atoms with Crippen LogP contribution in [0.4, 0.5) is 0 Å². The summed E-state index contributed by atoms with van der Waals surface area (Å²) in [5, 5.41) is 18.2. The summed E-state index contributed by atoms with van der Waals surface area (Å²) >= 11 is 0. The van der Waals surface area contributed by atoms with Crippen molar-refractivity contribution < 1.29 is 14.9 Å². The van der Waals surface area contributed by atoms with E-state index in [9.17, 15) is 0 Å². The number of pyridine rings is 1. The third kappa shape index (κ3) is 1.84. The smallest absolute Gasteiger partial charge is 0.236 e. The first-order chi connectivity index (χ1) is 7.29. The Morgan fingerprint density at radius 2 is 2.13 bits per heavy atom. The van der Waals surface area contributed by atoms with Crippen molar-refractivity contribution in [3.63, 3.8) is 0 Å². The predicted molar refractivity (Wildman–Crippen MR) is 53.6 cm³/mol. The van der Waals surface area contributed by atoms with Gasteiger partial charge in [-0.2, -0.15) is 0 Å². The van der Waals surface area contributed by atoms with Gasteiger partial charge in [0.15, 0.2) is 0 Å². The highest BCUT2D eigenvalue weighted by Crippen LogP contribution is 2.20. The molecule has 1 aromatic heterocycles. The zero-order valence-corrected chi connectivity index (χ0v) is 8.13. The summed E-state index contributed by atoms with van der Waals surface area (Å²) in [5.41, 5.74) is -0.298. The monoisotopic (exact) mass is 208 g/mol. The van der Waals surface area contributed by atoms with E-state index in [-0.39, 0.29) is 19.8 Å². The highest BCUT2D eigenvalue weighted by atomic mass is 16.5. The lowest BCUT2D eigenvalue weighted by atomic mass is 10.1. The molecule has 80 valence electrons.